The molecule has 3 rings (SSSR count). The van der Waals surface area contributed by atoms with Gasteiger partial charge in [0.15, 0.2) is 5.65 Å². The number of hydrogen-bond donors (Lipinski definition) is 1. The molecule has 0 aliphatic carbocycles. The zero-order valence-corrected chi connectivity index (χ0v) is 11.2. The van der Waals surface area contributed by atoms with Gasteiger partial charge >= 0.3 is 0 Å². The zero-order chi connectivity index (χ0) is 13.4. The lowest BCUT2D eigenvalue weighted by atomic mass is 10.2. The van der Waals surface area contributed by atoms with Crippen LogP contribution in [0.15, 0.2) is 35.0 Å². The summed E-state index contributed by atoms with van der Waals surface area (Å²) in [6.45, 7) is 6.05. The average Bonchev–Trinajstić information content (AvgIpc) is 2.97. The Balaban J connectivity index is 1.94. The molecule has 5 heteroatoms. The van der Waals surface area contributed by atoms with Crippen LogP contribution >= 0.6 is 0 Å². The molecule has 19 heavy (non-hydrogen) atoms. The van der Waals surface area contributed by atoms with Crippen LogP contribution in [0.2, 0.25) is 0 Å². The Morgan fingerprint density at radius 1 is 1.26 bits per heavy atom. The molecule has 0 saturated carbocycles. The highest BCUT2D eigenvalue weighted by molar-refractivity contribution is 5.52. The molecule has 1 atom stereocenters. The van der Waals surface area contributed by atoms with Crippen molar-refractivity contribution in [2.75, 3.05) is 5.32 Å². The van der Waals surface area contributed by atoms with Gasteiger partial charge in [0.05, 0.1) is 6.04 Å². The first-order chi connectivity index (χ1) is 9.13. The molecule has 0 aromatic carbocycles. The summed E-state index contributed by atoms with van der Waals surface area (Å²) in [5, 5.41) is 7.63. The highest BCUT2D eigenvalue weighted by atomic mass is 16.3. The smallest absolute Gasteiger partial charge is 0.157 e. The van der Waals surface area contributed by atoms with Crippen molar-refractivity contribution in [3.05, 3.63) is 47.7 Å². The highest BCUT2D eigenvalue weighted by Crippen LogP contribution is 2.22. The van der Waals surface area contributed by atoms with Crippen LogP contribution in [0.5, 0.6) is 0 Å². The van der Waals surface area contributed by atoms with Gasteiger partial charge in [-0.3, -0.25) is 0 Å². The van der Waals surface area contributed by atoms with Gasteiger partial charge in [-0.15, -0.1) is 0 Å². The lowest BCUT2D eigenvalue weighted by Gasteiger charge is -2.14. The van der Waals surface area contributed by atoms with E-state index < -0.39 is 0 Å². The zero-order valence-electron chi connectivity index (χ0n) is 11.2. The van der Waals surface area contributed by atoms with Crippen molar-refractivity contribution in [3.8, 4) is 0 Å². The van der Waals surface area contributed by atoms with Gasteiger partial charge in [0.25, 0.3) is 0 Å². The SMILES string of the molecule is Cc1cc(NC(C)c2ccc(C)o2)n2ncnc2c1. The van der Waals surface area contributed by atoms with E-state index in [9.17, 15) is 0 Å². The van der Waals surface area contributed by atoms with E-state index in [-0.39, 0.29) is 6.04 Å². The summed E-state index contributed by atoms with van der Waals surface area (Å²) >= 11 is 0. The first kappa shape index (κ1) is 11.8. The minimum Gasteiger partial charge on any atom is -0.464 e. The maximum Gasteiger partial charge on any atom is 0.157 e. The topological polar surface area (TPSA) is 55.4 Å². The van der Waals surface area contributed by atoms with Crippen LogP contribution in [0.1, 0.15) is 30.0 Å². The molecule has 3 aromatic rings. The van der Waals surface area contributed by atoms with Gasteiger partial charge in [-0.1, -0.05) is 0 Å². The number of anilines is 1. The number of aromatic nitrogens is 3. The maximum absolute atomic E-state index is 5.63. The van der Waals surface area contributed by atoms with E-state index >= 15 is 0 Å². The van der Waals surface area contributed by atoms with Crippen LogP contribution in [-0.4, -0.2) is 14.6 Å². The standard InChI is InChI=1S/C14H16N4O/c1-9-6-13-15-8-16-18(13)14(7-9)17-11(3)12-5-4-10(2)19-12/h4-8,11,17H,1-3H3. The second-order valence-corrected chi connectivity index (χ2v) is 4.76. The molecule has 98 valence electrons. The molecule has 0 radical (unpaired) electrons. The number of fused-ring (bicyclic) bond motifs is 1. The van der Waals surface area contributed by atoms with Crippen LogP contribution in [-0.2, 0) is 0 Å². The fourth-order valence-corrected chi connectivity index (χ4v) is 2.14. The molecule has 5 nitrogen and oxygen atoms in total. The van der Waals surface area contributed by atoms with Crippen molar-refractivity contribution in [2.24, 2.45) is 0 Å². The van der Waals surface area contributed by atoms with E-state index in [0.29, 0.717) is 0 Å². The van der Waals surface area contributed by atoms with Crippen LogP contribution in [0.4, 0.5) is 5.82 Å². The Kier molecular flexibility index (Phi) is 2.74. The molecular weight excluding hydrogens is 240 g/mol. The van der Waals surface area contributed by atoms with Crippen LogP contribution in [0.3, 0.4) is 0 Å². The van der Waals surface area contributed by atoms with Gasteiger partial charge < -0.3 is 9.73 Å². The average molecular weight is 256 g/mol. The second-order valence-electron chi connectivity index (χ2n) is 4.76. The first-order valence-electron chi connectivity index (χ1n) is 6.27. The molecule has 0 bridgehead atoms. The highest BCUT2D eigenvalue weighted by Gasteiger charge is 2.12. The Hall–Kier alpha value is -2.30. The molecule has 1 unspecified atom stereocenters. The second kappa shape index (κ2) is 4.42. The number of pyridine rings is 1. The quantitative estimate of drug-likeness (QED) is 0.782. The fourth-order valence-electron chi connectivity index (χ4n) is 2.14. The van der Waals surface area contributed by atoms with Gasteiger partial charge in [-0.05, 0) is 50.6 Å². The predicted octanol–water partition coefficient (Wildman–Crippen LogP) is 3.11. The van der Waals surface area contributed by atoms with E-state index in [2.05, 4.69) is 22.3 Å². The van der Waals surface area contributed by atoms with E-state index in [1.54, 1.807) is 10.8 Å². The van der Waals surface area contributed by atoms with Crippen molar-refractivity contribution < 1.29 is 4.42 Å². The summed E-state index contributed by atoms with van der Waals surface area (Å²) < 4.78 is 7.42. The minimum atomic E-state index is 0.0721. The summed E-state index contributed by atoms with van der Waals surface area (Å²) in [6, 6.07) is 8.08. The van der Waals surface area contributed by atoms with Crippen molar-refractivity contribution >= 4 is 11.5 Å². The van der Waals surface area contributed by atoms with Crippen LogP contribution < -0.4 is 5.32 Å². The normalized spacial score (nSPS) is 12.8. The van der Waals surface area contributed by atoms with Crippen molar-refractivity contribution in [2.45, 2.75) is 26.8 Å². The molecule has 0 spiro atoms. The molecule has 1 N–H and O–H groups in total. The first-order valence-corrected chi connectivity index (χ1v) is 6.27. The molecule has 3 heterocycles. The van der Waals surface area contributed by atoms with Crippen molar-refractivity contribution in [1.29, 1.82) is 0 Å². The van der Waals surface area contributed by atoms with Crippen molar-refractivity contribution in [3.63, 3.8) is 0 Å². The van der Waals surface area contributed by atoms with Gasteiger partial charge in [0.1, 0.15) is 23.7 Å². The lowest BCUT2D eigenvalue weighted by Crippen LogP contribution is -2.10. The molecular formula is C14H16N4O. The molecule has 0 saturated heterocycles. The van der Waals surface area contributed by atoms with E-state index in [4.69, 9.17) is 4.42 Å². The minimum absolute atomic E-state index is 0.0721. The van der Waals surface area contributed by atoms with E-state index in [0.717, 1.165) is 28.5 Å². The number of hydrogen-bond acceptors (Lipinski definition) is 4. The Morgan fingerprint density at radius 3 is 2.84 bits per heavy atom. The van der Waals surface area contributed by atoms with E-state index in [1.807, 2.05) is 38.1 Å². The lowest BCUT2D eigenvalue weighted by molar-refractivity contribution is 0.466. The summed E-state index contributed by atoms with van der Waals surface area (Å²) in [7, 11) is 0. The number of aryl methyl sites for hydroxylation is 2. The van der Waals surface area contributed by atoms with Crippen LogP contribution in [0, 0.1) is 13.8 Å². The molecule has 0 aliphatic heterocycles. The summed E-state index contributed by atoms with van der Waals surface area (Å²) in [6.07, 6.45) is 1.56. The number of nitrogens with one attached hydrogen (secondary N) is 1. The summed E-state index contributed by atoms with van der Waals surface area (Å²) in [5.41, 5.74) is 1.98. The van der Waals surface area contributed by atoms with Gasteiger partial charge in [0.2, 0.25) is 0 Å². The van der Waals surface area contributed by atoms with Gasteiger partial charge in [-0.25, -0.2) is 4.98 Å². The monoisotopic (exact) mass is 256 g/mol. The summed E-state index contributed by atoms with van der Waals surface area (Å²) in [4.78, 5) is 4.21. The number of nitrogens with zero attached hydrogens (tertiary/aromatic N) is 3. The fraction of sp³-hybridized carbons (Fsp3) is 0.286. The van der Waals surface area contributed by atoms with E-state index in [1.165, 1.54) is 0 Å². The number of furan rings is 1. The molecule has 0 amide bonds. The van der Waals surface area contributed by atoms with Gasteiger partial charge in [-0.2, -0.15) is 9.61 Å². The third-order valence-corrected chi connectivity index (χ3v) is 3.08. The molecule has 0 aliphatic rings. The van der Waals surface area contributed by atoms with Crippen molar-refractivity contribution in [1.82, 2.24) is 14.6 Å². The third kappa shape index (κ3) is 2.19. The van der Waals surface area contributed by atoms with Crippen LogP contribution in [0.25, 0.3) is 5.65 Å². The Labute approximate surface area is 111 Å². The predicted molar refractivity (Wildman–Crippen MR) is 73.2 cm³/mol. The Morgan fingerprint density at radius 2 is 2.11 bits per heavy atom. The molecule has 3 aromatic heterocycles. The number of rotatable bonds is 3. The molecule has 0 fully saturated rings. The summed E-state index contributed by atoms with van der Waals surface area (Å²) in [5.74, 6) is 2.74. The largest absolute Gasteiger partial charge is 0.464 e. The third-order valence-electron chi connectivity index (χ3n) is 3.08. The Bertz CT molecular complexity index is 713. The van der Waals surface area contributed by atoms with Gasteiger partial charge in [0, 0.05) is 0 Å². The maximum atomic E-state index is 5.63.